The number of ketones is 1. The summed E-state index contributed by atoms with van der Waals surface area (Å²) in [5.41, 5.74) is 9.77. The third-order valence-corrected chi connectivity index (χ3v) is 8.73. The van der Waals surface area contributed by atoms with Crippen LogP contribution < -0.4 is 15.4 Å². The predicted molar refractivity (Wildman–Crippen MR) is 154 cm³/mol. The molecule has 6 rings (SSSR count). The number of hydrogen-bond acceptors (Lipinski definition) is 7. The quantitative estimate of drug-likeness (QED) is 0.389. The minimum Gasteiger partial charge on any atom is -0.489 e. The molecule has 0 bridgehead atoms. The summed E-state index contributed by atoms with van der Waals surface area (Å²) in [4.78, 5) is 26.4. The van der Waals surface area contributed by atoms with E-state index < -0.39 is 0 Å². The molecule has 1 aromatic heterocycles. The van der Waals surface area contributed by atoms with E-state index in [1.165, 1.54) is 24.8 Å². The van der Waals surface area contributed by atoms with Gasteiger partial charge in [0.2, 0.25) is 0 Å². The van der Waals surface area contributed by atoms with Crippen LogP contribution in [-0.2, 0) is 11.4 Å². The van der Waals surface area contributed by atoms with E-state index in [2.05, 4.69) is 50.1 Å². The van der Waals surface area contributed by atoms with E-state index in [1.54, 1.807) is 6.33 Å². The highest BCUT2D eigenvalue weighted by atomic mass is 16.5. The number of ether oxygens (including phenoxy) is 1. The fraction of sp³-hybridized carbons (Fsp3) is 0.469. The molecule has 1 saturated heterocycles. The van der Waals surface area contributed by atoms with Crippen molar-refractivity contribution in [2.75, 3.05) is 36.8 Å². The van der Waals surface area contributed by atoms with Crippen LogP contribution in [0.2, 0.25) is 0 Å². The van der Waals surface area contributed by atoms with E-state index in [9.17, 15) is 4.79 Å². The molecule has 1 saturated carbocycles. The Morgan fingerprint density at radius 2 is 1.82 bits per heavy atom. The van der Waals surface area contributed by atoms with Gasteiger partial charge in [-0.3, -0.25) is 9.69 Å². The van der Waals surface area contributed by atoms with Crippen molar-refractivity contribution in [3.63, 3.8) is 0 Å². The van der Waals surface area contributed by atoms with Gasteiger partial charge in [0, 0.05) is 30.5 Å². The maximum Gasteiger partial charge on any atom is 0.146 e. The highest BCUT2D eigenvalue weighted by molar-refractivity contribution is 5.80. The van der Waals surface area contributed by atoms with Crippen LogP contribution in [0.4, 0.5) is 11.6 Å². The second kappa shape index (κ2) is 11.7. The van der Waals surface area contributed by atoms with Gasteiger partial charge in [-0.05, 0) is 74.4 Å². The number of piperidine rings is 1. The lowest BCUT2D eigenvalue weighted by Gasteiger charge is -2.42. The number of nitrogens with two attached hydrogens (primary N) is 1. The molecular weight excluding hydrogens is 486 g/mol. The molecule has 204 valence electrons. The third kappa shape index (κ3) is 5.93. The number of rotatable bonds is 10. The largest absolute Gasteiger partial charge is 0.489 e. The Bertz CT molecular complexity index is 1270. The fourth-order valence-corrected chi connectivity index (χ4v) is 6.49. The second-order valence-corrected chi connectivity index (χ2v) is 11.5. The zero-order chi connectivity index (χ0) is 26.6. The Labute approximate surface area is 231 Å². The van der Waals surface area contributed by atoms with Gasteiger partial charge in [0.05, 0.1) is 6.54 Å². The highest BCUT2D eigenvalue weighted by Crippen LogP contribution is 2.47. The maximum absolute atomic E-state index is 12.6. The summed E-state index contributed by atoms with van der Waals surface area (Å²) in [6.45, 7) is 4.18. The minimum absolute atomic E-state index is 0.103. The van der Waals surface area contributed by atoms with Crippen molar-refractivity contribution in [3.05, 3.63) is 77.6 Å². The molecule has 3 heterocycles. The smallest absolute Gasteiger partial charge is 0.146 e. The van der Waals surface area contributed by atoms with Crippen molar-refractivity contribution in [1.29, 1.82) is 0 Å². The maximum atomic E-state index is 12.6. The van der Waals surface area contributed by atoms with Gasteiger partial charge in [0.1, 0.15) is 36.1 Å². The van der Waals surface area contributed by atoms with Crippen LogP contribution in [0.1, 0.15) is 67.6 Å². The van der Waals surface area contributed by atoms with Gasteiger partial charge in [0.25, 0.3) is 0 Å². The number of likely N-dealkylation sites (tertiary alicyclic amines) is 1. The number of aromatic nitrogens is 2. The summed E-state index contributed by atoms with van der Waals surface area (Å²) in [5, 5.41) is 0. The van der Waals surface area contributed by atoms with Crippen LogP contribution in [0.5, 0.6) is 5.75 Å². The summed E-state index contributed by atoms with van der Waals surface area (Å²) < 4.78 is 6.12. The molecule has 2 aliphatic heterocycles. The van der Waals surface area contributed by atoms with Crippen molar-refractivity contribution in [2.24, 2.45) is 5.92 Å². The monoisotopic (exact) mass is 525 g/mol. The summed E-state index contributed by atoms with van der Waals surface area (Å²) in [6, 6.07) is 19.0. The van der Waals surface area contributed by atoms with Crippen molar-refractivity contribution < 1.29 is 9.53 Å². The van der Waals surface area contributed by atoms with E-state index in [0.29, 0.717) is 43.1 Å². The third-order valence-electron chi connectivity index (χ3n) is 8.73. The lowest BCUT2D eigenvalue weighted by molar-refractivity contribution is -0.120. The first-order chi connectivity index (χ1) is 19.1. The molecule has 1 unspecified atom stereocenters. The number of fused-ring (bicyclic) bond motifs is 1. The Kier molecular flexibility index (Phi) is 7.77. The molecule has 39 heavy (non-hydrogen) atoms. The zero-order valence-electron chi connectivity index (χ0n) is 22.7. The summed E-state index contributed by atoms with van der Waals surface area (Å²) >= 11 is 0. The number of anilines is 2. The van der Waals surface area contributed by atoms with Gasteiger partial charge < -0.3 is 15.4 Å². The molecule has 3 aromatic rings. The van der Waals surface area contributed by atoms with E-state index in [-0.39, 0.29) is 5.92 Å². The first kappa shape index (κ1) is 25.8. The number of nitrogen functional groups attached to an aromatic ring is 1. The molecule has 0 spiro atoms. The standard InChI is InChI=1S/C32H39N5O2/c33-31-30-29(25-10-7-11-28(18-25)39-21-23-8-3-1-4-9-23)20-37(32(30)35-22-34-31)26-16-24(17-26)12-13-27(38)19-36-14-5-2-6-15-36/h1,3-4,7-11,18,22,24,26,29H,2,5-6,12-17,19-21H2,(H2,33,34,35). The van der Waals surface area contributed by atoms with E-state index >= 15 is 0 Å². The molecule has 0 amide bonds. The number of nitrogens with zero attached hydrogens (tertiary/aromatic N) is 4. The van der Waals surface area contributed by atoms with Crippen LogP contribution in [0.15, 0.2) is 60.9 Å². The second-order valence-electron chi connectivity index (χ2n) is 11.5. The van der Waals surface area contributed by atoms with E-state index in [0.717, 1.165) is 61.6 Å². The fourth-order valence-electron chi connectivity index (χ4n) is 6.49. The Hall–Kier alpha value is -3.45. The molecule has 1 aliphatic carbocycles. The van der Waals surface area contributed by atoms with E-state index in [1.807, 2.05) is 24.3 Å². The minimum atomic E-state index is 0.103. The SMILES string of the molecule is Nc1ncnc2c1C(c1cccc(OCc3ccccc3)c1)CN2C1CC(CCC(=O)CN2CCCCC2)C1. The molecule has 0 radical (unpaired) electrons. The van der Waals surface area contributed by atoms with Crippen molar-refractivity contribution in [1.82, 2.24) is 14.9 Å². The Balaban J connectivity index is 1.07. The molecule has 7 heteroatoms. The van der Waals surface area contributed by atoms with Gasteiger partial charge >= 0.3 is 0 Å². The van der Waals surface area contributed by atoms with Gasteiger partial charge in [-0.1, -0.05) is 48.9 Å². The van der Waals surface area contributed by atoms with Gasteiger partial charge in [-0.25, -0.2) is 9.97 Å². The normalized spacial score (nSPS) is 22.8. The first-order valence-electron chi connectivity index (χ1n) is 14.5. The lowest BCUT2D eigenvalue weighted by atomic mass is 9.76. The highest BCUT2D eigenvalue weighted by Gasteiger charge is 2.42. The van der Waals surface area contributed by atoms with Gasteiger partial charge in [-0.15, -0.1) is 0 Å². The van der Waals surface area contributed by atoms with Crippen molar-refractivity contribution >= 4 is 17.4 Å². The first-order valence-corrected chi connectivity index (χ1v) is 14.5. The van der Waals surface area contributed by atoms with Crippen LogP contribution in [-0.4, -0.2) is 52.9 Å². The molecule has 1 atom stereocenters. The average molecular weight is 526 g/mol. The number of carbonyl (C=O) groups excluding carboxylic acids is 1. The van der Waals surface area contributed by atoms with E-state index in [4.69, 9.17) is 10.5 Å². The molecule has 2 N–H and O–H groups in total. The number of carbonyl (C=O) groups is 1. The summed E-state index contributed by atoms with van der Waals surface area (Å²) in [6.07, 6.45) is 9.26. The molecule has 2 aromatic carbocycles. The average Bonchev–Trinajstić information content (AvgIpc) is 3.33. The summed E-state index contributed by atoms with van der Waals surface area (Å²) in [7, 11) is 0. The number of hydrogen-bond donors (Lipinski definition) is 1. The number of benzene rings is 2. The Morgan fingerprint density at radius 3 is 2.64 bits per heavy atom. The van der Waals surface area contributed by atoms with Crippen molar-refractivity contribution in [3.8, 4) is 5.75 Å². The van der Waals surface area contributed by atoms with Crippen LogP contribution >= 0.6 is 0 Å². The predicted octanol–water partition coefficient (Wildman–Crippen LogP) is 5.20. The topological polar surface area (TPSA) is 84.6 Å². The van der Waals surface area contributed by atoms with Crippen LogP contribution in [0, 0.1) is 5.92 Å². The van der Waals surface area contributed by atoms with Gasteiger partial charge in [0.15, 0.2) is 0 Å². The van der Waals surface area contributed by atoms with Gasteiger partial charge in [-0.2, -0.15) is 0 Å². The van der Waals surface area contributed by atoms with Crippen LogP contribution in [0.25, 0.3) is 0 Å². The summed E-state index contributed by atoms with van der Waals surface area (Å²) in [5.74, 6) is 3.49. The zero-order valence-corrected chi connectivity index (χ0v) is 22.7. The molecule has 3 aliphatic rings. The lowest BCUT2D eigenvalue weighted by Crippen LogP contribution is -2.45. The molecule has 7 nitrogen and oxygen atoms in total. The Morgan fingerprint density at radius 1 is 1.00 bits per heavy atom. The van der Waals surface area contributed by atoms with Crippen LogP contribution in [0.3, 0.4) is 0 Å². The number of Topliss-reactive ketones (excluding diaryl/α,β-unsaturated/α-hetero) is 1. The molecule has 2 fully saturated rings. The van der Waals surface area contributed by atoms with Crippen molar-refractivity contribution in [2.45, 2.75) is 63.5 Å². The molecular formula is C32H39N5O2.